The maximum absolute atomic E-state index is 12.6. The zero-order valence-electron chi connectivity index (χ0n) is 12.0. The summed E-state index contributed by atoms with van der Waals surface area (Å²) in [5.74, 6) is 0.140. The fourth-order valence-corrected chi connectivity index (χ4v) is 3.15. The van der Waals surface area contributed by atoms with Crippen LogP contribution in [0.25, 0.3) is 0 Å². The Balaban J connectivity index is 1.67. The first-order valence-corrected chi connectivity index (χ1v) is 7.89. The van der Waals surface area contributed by atoms with E-state index in [0.29, 0.717) is 24.7 Å². The van der Waals surface area contributed by atoms with E-state index in [0.717, 1.165) is 31.4 Å². The number of benzene rings is 1. The molecule has 0 spiro atoms. The monoisotopic (exact) mass is 309 g/mol. The summed E-state index contributed by atoms with van der Waals surface area (Å²) in [5, 5.41) is 0.690. The number of hydrogen-bond donors (Lipinski definition) is 0. The quantitative estimate of drug-likeness (QED) is 0.861. The topological polar surface area (TPSA) is 38.8 Å². The van der Waals surface area contributed by atoms with E-state index in [1.54, 1.807) is 0 Å². The molecule has 1 atom stereocenters. The van der Waals surface area contributed by atoms with E-state index in [-0.39, 0.29) is 18.2 Å². The molecule has 21 heavy (non-hydrogen) atoms. The van der Waals surface area contributed by atoms with Crippen LogP contribution in [0.15, 0.2) is 24.3 Å². The number of piperidine rings is 1. The van der Waals surface area contributed by atoms with Crippen molar-refractivity contribution in [3.63, 3.8) is 0 Å². The van der Waals surface area contributed by atoms with Crippen LogP contribution >= 0.6 is 11.6 Å². The Bertz CT molecular complexity index is 485. The second-order valence-electron chi connectivity index (χ2n) is 5.56. The first-order chi connectivity index (χ1) is 10.2. The fraction of sp³-hybridized carbons (Fsp3) is 0.562. The Morgan fingerprint density at radius 3 is 2.62 bits per heavy atom. The molecule has 0 saturated carbocycles. The standard InChI is InChI=1S/C16H20ClNO3/c17-13-6-4-12(5-7-13)11-15(19)18-8-2-1-3-14(18)16-20-9-10-21-16/h4-7,14,16H,1-3,8-11H2. The molecule has 1 aromatic rings. The molecule has 0 bridgehead atoms. The summed E-state index contributed by atoms with van der Waals surface area (Å²) in [7, 11) is 0. The summed E-state index contributed by atoms with van der Waals surface area (Å²) < 4.78 is 11.2. The molecule has 4 nitrogen and oxygen atoms in total. The highest BCUT2D eigenvalue weighted by molar-refractivity contribution is 6.30. The number of amides is 1. The Labute approximate surface area is 130 Å². The molecule has 0 aliphatic carbocycles. The van der Waals surface area contributed by atoms with E-state index in [9.17, 15) is 4.79 Å². The first kappa shape index (κ1) is 14.8. The van der Waals surface area contributed by atoms with E-state index in [1.807, 2.05) is 29.2 Å². The zero-order valence-corrected chi connectivity index (χ0v) is 12.7. The van der Waals surface area contributed by atoms with Crippen LogP contribution in [0, 0.1) is 0 Å². The summed E-state index contributed by atoms with van der Waals surface area (Å²) >= 11 is 5.88. The van der Waals surface area contributed by atoms with Gasteiger partial charge < -0.3 is 14.4 Å². The lowest BCUT2D eigenvalue weighted by Gasteiger charge is -2.38. The van der Waals surface area contributed by atoms with E-state index < -0.39 is 0 Å². The van der Waals surface area contributed by atoms with Crippen molar-refractivity contribution < 1.29 is 14.3 Å². The minimum Gasteiger partial charge on any atom is -0.348 e. The third-order valence-electron chi connectivity index (χ3n) is 4.10. The minimum atomic E-state index is -0.250. The molecule has 114 valence electrons. The van der Waals surface area contributed by atoms with Crippen molar-refractivity contribution in [2.24, 2.45) is 0 Å². The van der Waals surface area contributed by atoms with Crippen molar-refractivity contribution in [1.29, 1.82) is 0 Å². The van der Waals surface area contributed by atoms with E-state index in [4.69, 9.17) is 21.1 Å². The third kappa shape index (κ3) is 3.57. The lowest BCUT2D eigenvalue weighted by Crippen LogP contribution is -2.50. The normalized spacial score (nSPS) is 23.5. The van der Waals surface area contributed by atoms with Crippen LogP contribution in [0.3, 0.4) is 0 Å². The summed E-state index contributed by atoms with van der Waals surface area (Å²) in [6, 6.07) is 7.51. The van der Waals surface area contributed by atoms with Crippen LogP contribution in [0.4, 0.5) is 0 Å². The number of hydrogen-bond acceptors (Lipinski definition) is 3. The molecule has 3 rings (SSSR count). The fourth-order valence-electron chi connectivity index (χ4n) is 3.03. The Kier molecular flexibility index (Phi) is 4.78. The molecule has 2 aliphatic heterocycles. The molecule has 0 radical (unpaired) electrons. The van der Waals surface area contributed by atoms with Crippen LogP contribution in [-0.2, 0) is 20.7 Å². The maximum atomic E-state index is 12.6. The number of likely N-dealkylation sites (tertiary alicyclic amines) is 1. The van der Waals surface area contributed by atoms with Crippen LogP contribution in [-0.4, -0.2) is 42.9 Å². The van der Waals surface area contributed by atoms with Gasteiger partial charge in [-0.2, -0.15) is 0 Å². The van der Waals surface area contributed by atoms with Crippen molar-refractivity contribution in [3.8, 4) is 0 Å². The zero-order chi connectivity index (χ0) is 14.7. The average Bonchev–Trinajstić information content (AvgIpc) is 3.04. The number of nitrogens with zero attached hydrogens (tertiary/aromatic N) is 1. The first-order valence-electron chi connectivity index (χ1n) is 7.51. The third-order valence-corrected chi connectivity index (χ3v) is 4.35. The second kappa shape index (κ2) is 6.77. The largest absolute Gasteiger partial charge is 0.348 e. The number of rotatable bonds is 3. The number of carbonyl (C=O) groups excluding carboxylic acids is 1. The van der Waals surface area contributed by atoms with E-state index >= 15 is 0 Å². The van der Waals surface area contributed by atoms with Crippen LogP contribution < -0.4 is 0 Å². The van der Waals surface area contributed by atoms with Crippen molar-refractivity contribution in [2.45, 2.75) is 38.0 Å². The van der Waals surface area contributed by atoms with Gasteiger partial charge in [0.2, 0.25) is 5.91 Å². The van der Waals surface area contributed by atoms with Crippen molar-refractivity contribution in [2.75, 3.05) is 19.8 Å². The summed E-state index contributed by atoms with van der Waals surface area (Å²) in [6.45, 7) is 2.04. The van der Waals surface area contributed by atoms with E-state index in [2.05, 4.69) is 0 Å². The van der Waals surface area contributed by atoms with Gasteiger partial charge >= 0.3 is 0 Å². The molecule has 2 fully saturated rings. The molecule has 0 aromatic heterocycles. The smallest absolute Gasteiger partial charge is 0.227 e. The summed E-state index contributed by atoms with van der Waals surface area (Å²) in [6.07, 6.45) is 3.28. The summed E-state index contributed by atoms with van der Waals surface area (Å²) in [5.41, 5.74) is 0.988. The predicted molar refractivity (Wildman–Crippen MR) is 80.2 cm³/mol. The minimum absolute atomic E-state index is 0.0565. The Morgan fingerprint density at radius 1 is 1.19 bits per heavy atom. The van der Waals surface area contributed by atoms with Gasteiger partial charge in [-0.15, -0.1) is 0 Å². The molecule has 1 amide bonds. The van der Waals surface area contributed by atoms with Crippen molar-refractivity contribution in [1.82, 2.24) is 4.90 Å². The van der Waals surface area contributed by atoms with Gasteiger partial charge in [0.15, 0.2) is 6.29 Å². The lowest BCUT2D eigenvalue weighted by atomic mass is 10.00. The van der Waals surface area contributed by atoms with Gasteiger partial charge in [0.05, 0.1) is 25.7 Å². The van der Waals surface area contributed by atoms with Crippen molar-refractivity contribution >= 4 is 17.5 Å². The van der Waals surface area contributed by atoms with Gasteiger partial charge in [0.25, 0.3) is 0 Å². The van der Waals surface area contributed by atoms with Crippen LogP contribution in [0.1, 0.15) is 24.8 Å². The Morgan fingerprint density at radius 2 is 1.90 bits per heavy atom. The molecule has 2 heterocycles. The molecule has 1 unspecified atom stereocenters. The Hall–Kier alpha value is -1.10. The highest BCUT2D eigenvalue weighted by atomic mass is 35.5. The highest BCUT2D eigenvalue weighted by Crippen LogP contribution is 2.25. The number of halogens is 1. The van der Waals surface area contributed by atoms with E-state index in [1.165, 1.54) is 0 Å². The molecule has 2 aliphatic rings. The predicted octanol–water partition coefficient (Wildman–Crippen LogP) is 2.64. The van der Waals surface area contributed by atoms with Crippen molar-refractivity contribution in [3.05, 3.63) is 34.9 Å². The van der Waals surface area contributed by atoms with Crippen LogP contribution in [0.5, 0.6) is 0 Å². The van der Waals surface area contributed by atoms with Gasteiger partial charge in [0, 0.05) is 11.6 Å². The number of ether oxygens (including phenoxy) is 2. The molecule has 0 N–H and O–H groups in total. The molecule has 5 heteroatoms. The molecule has 2 saturated heterocycles. The average molecular weight is 310 g/mol. The SMILES string of the molecule is O=C(Cc1ccc(Cl)cc1)N1CCCCC1C1OCCO1. The van der Waals surface area contributed by atoms with Gasteiger partial charge in [-0.3, -0.25) is 4.79 Å². The highest BCUT2D eigenvalue weighted by Gasteiger charge is 2.35. The van der Waals surface area contributed by atoms with Gasteiger partial charge in [0.1, 0.15) is 0 Å². The van der Waals surface area contributed by atoms with Gasteiger partial charge in [-0.1, -0.05) is 23.7 Å². The molecular formula is C16H20ClNO3. The lowest BCUT2D eigenvalue weighted by molar-refractivity contribution is -0.149. The van der Waals surface area contributed by atoms with Gasteiger partial charge in [-0.25, -0.2) is 0 Å². The maximum Gasteiger partial charge on any atom is 0.227 e. The second-order valence-corrected chi connectivity index (χ2v) is 6.00. The van der Waals surface area contributed by atoms with Gasteiger partial charge in [-0.05, 0) is 37.0 Å². The van der Waals surface area contributed by atoms with Crippen LogP contribution in [0.2, 0.25) is 5.02 Å². The molecule has 1 aromatic carbocycles. The molecular weight excluding hydrogens is 290 g/mol. The number of carbonyl (C=O) groups is 1. The summed E-state index contributed by atoms with van der Waals surface area (Å²) in [4.78, 5) is 14.5.